The van der Waals surface area contributed by atoms with E-state index in [1.54, 1.807) is 0 Å². The van der Waals surface area contributed by atoms with Gasteiger partial charge in [0.2, 0.25) is 0 Å². The van der Waals surface area contributed by atoms with Gasteiger partial charge in [0.05, 0.1) is 12.6 Å². The van der Waals surface area contributed by atoms with E-state index in [0.717, 1.165) is 44.7 Å². The molecule has 3 N–H and O–H groups in total. The summed E-state index contributed by atoms with van der Waals surface area (Å²) >= 11 is 0. The molecule has 0 spiro atoms. The van der Waals surface area contributed by atoms with E-state index in [0.29, 0.717) is 18.6 Å². The minimum Gasteiger partial charge on any atom is -0.393 e. The number of aliphatic hydroxyl groups is 1. The summed E-state index contributed by atoms with van der Waals surface area (Å²) in [6, 6.07) is 10.1. The van der Waals surface area contributed by atoms with Gasteiger partial charge in [-0.3, -0.25) is 4.90 Å². The monoisotopic (exact) mass is 386 g/mol. The Kier molecular flexibility index (Phi) is 8.16. The molecule has 5 heteroatoms. The van der Waals surface area contributed by atoms with Gasteiger partial charge in [-0.15, -0.1) is 0 Å². The Morgan fingerprint density at radius 2 is 1.79 bits per heavy atom. The van der Waals surface area contributed by atoms with Crippen LogP contribution in [0.4, 0.5) is 0 Å². The average molecular weight is 387 g/mol. The number of hydrogen-bond donors (Lipinski definition) is 3. The molecule has 5 nitrogen and oxygen atoms in total. The van der Waals surface area contributed by atoms with Crippen LogP contribution in [-0.4, -0.2) is 47.2 Å². The Bertz CT molecular complexity index is 608. The van der Waals surface area contributed by atoms with Crippen molar-refractivity contribution >= 4 is 5.96 Å². The molecule has 1 saturated heterocycles. The van der Waals surface area contributed by atoms with Gasteiger partial charge in [0.1, 0.15) is 0 Å². The topological polar surface area (TPSA) is 59.9 Å². The molecule has 1 aliphatic carbocycles. The first-order valence-electron chi connectivity index (χ1n) is 11.2. The molecule has 1 heterocycles. The number of likely N-dealkylation sites (tertiary alicyclic amines) is 1. The molecular weight excluding hydrogens is 348 g/mol. The van der Waals surface area contributed by atoms with Gasteiger partial charge in [0.15, 0.2) is 5.96 Å². The SMILES string of the molecule is CCNC(=NCc1ccc(CN2CCCCC2C)cc1)NC1CCC(O)CC1. The maximum Gasteiger partial charge on any atom is 0.191 e. The van der Waals surface area contributed by atoms with E-state index in [1.807, 2.05) is 0 Å². The first kappa shape index (κ1) is 21.1. The van der Waals surface area contributed by atoms with Crippen molar-refractivity contribution in [2.75, 3.05) is 13.1 Å². The number of benzene rings is 1. The van der Waals surface area contributed by atoms with Crippen LogP contribution in [-0.2, 0) is 13.1 Å². The van der Waals surface area contributed by atoms with Crippen LogP contribution >= 0.6 is 0 Å². The van der Waals surface area contributed by atoms with Gasteiger partial charge in [-0.1, -0.05) is 30.7 Å². The van der Waals surface area contributed by atoms with Crippen molar-refractivity contribution in [3.05, 3.63) is 35.4 Å². The fourth-order valence-corrected chi connectivity index (χ4v) is 4.28. The Balaban J connectivity index is 1.52. The number of hydrogen-bond acceptors (Lipinski definition) is 3. The van der Waals surface area contributed by atoms with Gasteiger partial charge < -0.3 is 15.7 Å². The predicted molar refractivity (Wildman–Crippen MR) is 116 cm³/mol. The molecule has 2 fully saturated rings. The number of piperidine rings is 1. The predicted octanol–water partition coefficient (Wildman–Crippen LogP) is 3.42. The number of rotatable bonds is 6. The van der Waals surface area contributed by atoms with Crippen LogP contribution in [0, 0.1) is 0 Å². The molecule has 2 aliphatic rings. The summed E-state index contributed by atoms with van der Waals surface area (Å²) in [6.07, 6.45) is 7.69. The Labute approximate surface area is 170 Å². The number of guanidine groups is 1. The third-order valence-electron chi connectivity index (χ3n) is 6.15. The molecule has 28 heavy (non-hydrogen) atoms. The highest BCUT2D eigenvalue weighted by atomic mass is 16.3. The van der Waals surface area contributed by atoms with E-state index < -0.39 is 0 Å². The minimum atomic E-state index is -0.121. The molecule has 0 bridgehead atoms. The van der Waals surface area contributed by atoms with E-state index in [9.17, 15) is 5.11 Å². The molecule has 0 amide bonds. The Hall–Kier alpha value is -1.59. The first-order valence-corrected chi connectivity index (χ1v) is 11.2. The summed E-state index contributed by atoms with van der Waals surface area (Å²) in [5, 5.41) is 16.6. The summed E-state index contributed by atoms with van der Waals surface area (Å²) in [5.41, 5.74) is 2.64. The highest BCUT2D eigenvalue weighted by Gasteiger charge is 2.20. The van der Waals surface area contributed by atoms with E-state index >= 15 is 0 Å². The molecular formula is C23H38N4O. The number of nitrogens with one attached hydrogen (secondary N) is 2. The zero-order valence-corrected chi connectivity index (χ0v) is 17.7. The van der Waals surface area contributed by atoms with Gasteiger partial charge in [-0.25, -0.2) is 4.99 Å². The first-order chi connectivity index (χ1) is 13.6. The molecule has 156 valence electrons. The van der Waals surface area contributed by atoms with Crippen molar-refractivity contribution in [2.45, 2.75) is 90.1 Å². The lowest BCUT2D eigenvalue weighted by Crippen LogP contribution is -2.45. The lowest BCUT2D eigenvalue weighted by molar-refractivity contribution is 0.120. The fourth-order valence-electron chi connectivity index (χ4n) is 4.28. The lowest BCUT2D eigenvalue weighted by atomic mass is 9.93. The minimum absolute atomic E-state index is 0.121. The van der Waals surface area contributed by atoms with Crippen molar-refractivity contribution in [3.8, 4) is 0 Å². The Morgan fingerprint density at radius 1 is 1.07 bits per heavy atom. The zero-order chi connectivity index (χ0) is 19.8. The second kappa shape index (κ2) is 10.8. The van der Waals surface area contributed by atoms with Crippen LogP contribution < -0.4 is 10.6 Å². The smallest absolute Gasteiger partial charge is 0.191 e. The van der Waals surface area contributed by atoms with Gasteiger partial charge in [0.25, 0.3) is 0 Å². The van der Waals surface area contributed by atoms with E-state index in [-0.39, 0.29) is 6.10 Å². The summed E-state index contributed by atoms with van der Waals surface area (Å²) in [5.74, 6) is 0.884. The molecule has 1 saturated carbocycles. The van der Waals surface area contributed by atoms with Crippen molar-refractivity contribution in [1.82, 2.24) is 15.5 Å². The zero-order valence-electron chi connectivity index (χ0n) is 17.7. The number of aliphatic imine (C=N–C) groups is 1. The van der Waals surface area contributed by atoms with Crippen LogP contribution in [0.3, 0.4) is 0 Å². The van der Waals surface area contributed by atoms with Gasteiger partial charge in [-0.05, 0) is 70.0 Å². The molecule has 1 unspecified atom stereocenters. The quantitative estimate of drug-likeness (QED) is 0.518. The van der Waals surface area contributed by atoms with Gasteiger partial charge >= 0.3 is 0 Å². The molecule has 0 radical (unpaired) electrons. The van der Waals surface area contributed by atoms with Crippen LogP contribution in [0.25, 0.3) is 0 Å². The summed E-state index contributed by atoms with van der Waals surface area (Å²) in [7, 11) is 0. The van der Waals surface area contributed by atoms with E-state index in [4.69, 9.17) is 4.99 Å². The van der Waals surface area contributed by atoms with E-state index in [1.165, 1.54) is 36.9 Å². The molecule has 3 rings (SSSR count). The van der Waals surface area contributed by atoms with Gasteiger partial charge in [-0.2, -0.15) is 0 Å². The summed E-state index contributed by atoms with van der Waals surface area (Å²) in [4.78, 5) is 7.38. The van der Waals surface area contributed by atoms with Crippen molar-refractivity contribution in [1.29, 1.82) is 0 Å². The highest BCUT2D eigenvalue weighted by molar-refractivity contribution is 5.80. The van der Waals surface area contributed by atoms with Crippen LogP contribution in [0.1, 0.15) is 69.9 Å². The third kappa shape index (κ3) is 6.49. The van der Waals surface area contributed by atoms with Crippen molar-refractivity contribution < 1.29 is 5.11 Å². The largest absolute Gasteiger partial charge is 0.393 e. The summed E-state index contributed by atoms with van der Waals surface area (Å²) in [6.45, 7) is 8.27. The fraction of sp³-hybridized carbons (Fsp3) is 0.696. The molecule has 1 aliphatic heterocycles. The second-order valence-corrected chi connectivity index (χ2v) is 8.48. The molecule has 1 aromatic rings. The molecule has 0 aromatic heterocycles. The maximum absolute atomic E-state index is 9.68. The lowest BCUT2D eigenvalue weighted by Gasteiger charge is -2.33. The third-order valence-corrected chi connectivity index (χ3v) is 6.15. The number of nitrogens with zero attached hydrogens (tertiary/aromatic N) is 2. The normalized spacial score (nSPS) is 26.8. The maximum atomic E-state index is 9.68. The van der Waals surface area contributed by atoms with Crippen molar-refractivity contribution in [3.63, 3.8) is 0 Å². The standard InChI is InChI=1S/C23H38N4O/c1-3-24-23(26-21-11-13-22(28)14-12-21)25-16-19-7-9-20(10-8-19)17-27-15-5-4-6-18(27)2/h7-10,18,21-22,28H,3-6,11-17H2,1-2H3,(H2,24,25,26). The van der Waals surface area contributed by atoms with E-state index in [2.05, 4.69) is 53.6 Å². The highest BCUT2D eigenvalue weighted by Crippen LogP contribution is 2.20. The van der Waals surface area contributed by atoms with Crippen LogP contribution in [0.5, 0.6) is 0 Å². The molecule has 1 atom stereocenters. The van der Waals surface area contributed by atoms with Crippen molar-refractivity contribution in [2.24, 2.45) is 4.99 Å². The van der Waals surface area contributed by atoms with Crippen LogP contribution in [0.15, 0.2) is 29.3 Å². The average Bonchev–Trinajstić information content (AvgIpc) is 2.71. The van der Waals surface area contributed by atoms with Gasteiger partial charge in [0, 0.05) is 25.2 Å². The Morgan fingerprint density at radius 3 is 2.46 bits per heavy atom. The second-order valence-electron chi connectivity index (χ2n) is 8.48. The molecule has 1 aromatic carbocycles. The summed E-state index contributed by atoms with van der Waals surface area (Å²) < 4.78 is 0. The van der Waals surface area contributed by atoms with Crippen LogP contribution in [0.2, 0.25) is 0 Å². The number of aliphatic hydroxyl groups excluding tert-OH is 1.